The van der Waals surface area contributed by atoms with Crippen molar-refractivity contribution in [3.63, 3.8) is 0 Å². The fourth-order valence-electron chi connectivity index (χ4n) is 2.35. The molecule has 0 aromatic rings. The fourth-order valence-corrected chi connectivity index (χ4v) is 2.35. The summed E-state index contributed by atoms with van der Waals surface area (Å²) in [5, 5.41) is 9.44. The van der Waals surface area contributed by atoms with Gasteiger partial charge in [0.15, 0.2) is 0 Å². The van der Waals surface area contributed by atoms with Crippen LogP contribution >= 0.6 is 0 Å². The summed E-state index contributed by atoms with van der Waals surface area (Å²) in [7, 11) is 1.84. The predicted octanol–water partition coefficient (Wildman–Crippen LogP) is 0.848. The van der Waals surface area contributed by atoms with Crippen LogP contribution in [0, 0.1) is 11.8 Å². The number of aliphatic hydroxyl groups is 1. The Kier molecular flexibility index (Phi) is 1.31. The Morgan fingerprint density at radius 3 is 2.70 bits per heavy atom. The van der Waals surface area contributed by atoms with Crippen molar-refractivity contribution in [3.8, 4) is 0 Å². The molecule has 1 N–H and O–H groups in total. The van der Waals surface area contributed by atoms with Crippen LogP contribution in [0.4, 0.5) is 0 Å². The third kappa shape index (κ3) is 0.717. The molecule has 0 radical (unpaired) electrons. The lowest BCUT2D eigenvalue weighted by atomic mass is 9.96. The van der Waals surface area contributed by atoms with Gasteiger partial charge in [-0.3, -0.25) is 4.99 Å². The fraction of sp³-hybridized carbons (Fsp3) is 0.875. The highest BCUT2D eigenvalue weighted by molar-refractivity contribution is 5.90. The summed E-state index contributed by atoms with van der Waals surface area (Å²) in [6.07, 6.45) is 3.29. The summed E-state index contributed by atoms with van der Waals surface area (Å²) in [6.45, 7) is 0. The molecule has 10 heavy (non-hydrogen) atoms. The predicted molar refractivity (Wildman–Crippen MR) is 40.2 cm³/mol. The normalized spacial score (nSPS) is 49.0. The molecule has 0 aliphatic heterocycles. The number of aliphatic imine (C=N–C) groups is 1. The highest BCUT2D eigenvalue weighted by Gasteiger charge is 2.42. The van der Waals surface area contributed by atoms with E-state index in [4.69, 9.17) is 0 Å². The molecule has 3 atom stereocenters. The molecule has 2 aliphatic carbocycles. The molecule has 0 spiro atoms. The summed E-state index contributed by atoms with van der Waals surface area (Å²) >= 11 is 0. The van der Waals surface area contributed by atoms with Crippen molar-refractivity contribution >= 4 is 5.71 Å². The van der Waals surface area contributed by atoms with Crippen LogP contribution in [0.3, 0.4) is 0 Å². The van der Waals surface area contributed by atoms with Crippen molar-refractivity contribution in [2.75, 3.05) is 7.05 Å². The molecule has 0 amide bonds. The van der Waals surface area contributed by atoms with Crippen LogP contribution in [0.5, 0.6) is 0 Å². The van der Waals surface area contributed by atoms with Crippen molar-refractivity contribution in [1.29, 1.82) is 0 Å². The summed E-state index contributed by atoms with van der Waals surface area (Å²) < 4.78 is 0. The van der Waals surface area contributed by atoms with Gasteiger partial charge in [-0.1, -0.05) is 0 Å². The van der Waals surface area contributed by atoms with Crippen LogP contribution in [-0.4, -0.2) is 24.0 Å². The van der Waals surface area contributed by atoms with Crippen molar-refractivity contribution in [3.05, 3.63) is 0 Å². The summed E-state index contributed by atoms with van der Waals surface area (Å²) in [6, 6.07) is 0. The van der Waals surface area contributed by atoms with Gasteiger partial charge >= 0.3 is 0 Å². The molecule has 2 nitrogen and oxygen atoms in total. The van der Waals surface area contributed by atoms with E-state index in [2.05, 4.69) is 4.99 Å². The monoisotopic (exact) mass is 139 g/mol. The lowest BCUT2D eigenvalue weighted by molar-refractivity contribution is 0.150. The maximum absolute atomic E-state index is 9.44. The Labute approximate surface area is 61.0 Å². The zero-order valence-electron chi connectivity index (χ0n) is 6.25. The molecule has 2 heteroatoms. The molecule has 2 bridgehead atoms. The minimum absolute atomic E-state index is 0.0718. The lowest BCUT2D eigenvalue weighted by Gasteiger charge is -2.17. The van der Waals surface area contributed by atoms with Gasteiger partial charge in [-0.05, 0) is 25.2 Å². The number of nitrogens with zero attached hydrogens (tertiary/aromatic N) is 1. The zero-order chi connectivity index (χ0) is 7.14. The van der Waals surface area contributed by atoms with E-state index in [1.165, 1.54) is 12.1 Å². The minimum atomic E-state index is -0.0718. The first kappa shape index (κ1) is 6.35. The van der Waals surface area contributed by atoms with Crippen LogP contribution < -0.4 is 0 Å². The Bertz CT molecular complexity index is 176. The van der Waals surface area contributed by atoms with E-state index in [9.17, 15) is 5.11 Å². The van der Waals surface area contributed by atoms with Crippen molar-refractivity contribution in [1.82, 2.24) is 0 Å². The average molecular weight is 139 g/mol. The highest BCUT2D eigenvalue weighted by atomic mass is 16.3. The topological polar surface area (TPSA) is 32.6 Å². The van der Waals surface area contributed by atoms with Gasteiger partial charge in [0.05, 0.1) is 6.10 Å². The molecule has 2 rings (SSSR count). The summed E-state index contributed by atoms with van der Waals surface area (Å²) in [5.74, 6) is 1.17. The van der Waals surface area contributed by atoms with Crippen LogP contribution in [-0.2, 0) is 0 Å². The van der Waals surface area contributed by atoms with Crippen LogP contribution in [0.25, 0.3) is 0 Å². The van der Waals surface area contributed by atoms with Gasteiger partial charge in [0, 0.05) is 18.7 Å². The first-order chi connectivity index (χ1) is 4.81. The maximum atomic E-state index is 9.44. The third-order valence-electron chi connectivity index (χ3n) is 2.84. The zero-order valence-corrected chi connectivity index (χ0v) is 6.25. The molecule has 2 fully saturated rings. The first-order valence-electron chi connectivity index (χ1n) is 3.95. The molecule has 2 saturated carbocycles. The van der Waals surface area contributed by atoms with Crippen molar-refractivity contribution in [2.45, 2.75) is 25.4 Å². The summed E-state index contributed by atoms with van der Waals surface area (Å²) in [5.41, 5.74) is 1.25. The largest absolute Gasteiger partial charge is 0.392 e. The smallest absolute Gasteiger partial charge is 0.0623 e. The Hall–Kier alpha value is -0.370. The van der Waals surface area contributed by atoms with Crippen molar-refractivity contribution in [2.24, 2.45) is 16.8 Å². The molecule has 56 valence electrons. The van der Waals surface area contributed by atoms with E-state index in [0.29, 0.717) is 5.92 Å². The number of rotatable bonds is 0. The average Bonchev–Trinajstić information content (AvgIpc) is 2.44. The van der Waals surface area contributed by atoms with Crippen LogP contribution in [0.1, 0.15) is 19.3 Å². The standard InChI is InChI=1S/C8H13NO/c1-9-7-3-5-2-6(7)8(10)4-5/h5-6,8,10H,2-4H2,1H3. The highest BCUT2D eigenvalue weighted by Crippen LogP contribution is 2.42. The SMILES string of the molecule is CN=C1CC2CC(O)C1C2. The van der Waals surface area contributed by atoms with Gasteiger partial charge in [0.2, 0.25) is 0 Å². The molecule has 0 saturated heterocycles. The number of aliphatic hydroxyl groups excluding tert-OH is 1. The second-order valence-corrected chi connectivity index (χ2v) is 3.43. The Balaban J connectivity index is 2.20. The van der Waals surface area contributed by atoms with Gasteiger partial charge in [-0.25, -0.2) is 0 Å². The third-order valence-corrected chi connectivity index (χ3v) is 2.84. The molecule has 3 unspecified atom stereocenters. The lowest BCUT2D eigenvalue weighted by Crippen LogP contribution is -2.24. The number of hydrogen-bond donors (Lipinski definition) is 1. The summed E-state index contributed by atoms with van der Waals surface area (Å²) in [4.78, 5) is 4.18. The Morgan fingerprint density at radius 1 is 1.50 bits per heavy atom. The Morgan fingerprint density at radius 2 is 2.30 bits per heavy atom. The quantitative estimate of drug-likeness (QED) is 0.530. The van der Waals surface area contributed by atoms with Gasteiger partial charge in [0.25, 0.3) is 0 Å². The second kappa shape index (κ2) is 2.06. The number of fused-ring (bicyclic) bond motifs is 2. The molecule has 0 aromatic carbocycles. The van der Waals surface area contributed by atoms with E-state index in [0.717, 1.165) is 18.8 Å². The van der Waals surface area contributed by atoms with E-state index < -0.39 is 0 Å². The van der Waals surface area contributed by atoms with Gasteiger partial charge in [0.1, 0.15) is 0 Å². The second-order valence-electron chi connectivity index (χ2n) is 3.43. The van der Waals surface area contributed by atoms with Crippen molar-refractivity contribution < 1.29 is 5.11 Å². The van der Waals surface area contributed by atoms with Crippen LogP contribution in [0.15, 0.2) is 4.99 Å². The number of hydrogen-bond acceptors (Lipinski definition) is 2. The maximum Gasteiger partial charge on any atom is 0.0623 e. The van der Waals surface area contributed by atoms with E-state index in [-0.39, 0.29) is 6.10 Å². The van der Waals surface area contributed by atoms with Crippen LogP contribution in [0.2, 0.25) is 0 Å². The molecule has 0 aromatic heterocycles. The minimum Gasteiger partial charge on any atom is -0.392 e. The molecular weight excluding hydrogens is 126 g/mol. The molecule has 0 heterocycles. The van der Waals surface area contributed by atoms with E-state index >= 15 is 0 Å². The molecular formula is C8H13NO. The van der Waals surface area contributed by atoms with Gasteiger partial charge in [-0.15, -0.1) is 0 Å². The van der Waals surface area contributed by atoms with Gasteiger partial charge in [-0.2, -0.15) is 0 Å². The molecule has 2 aliphatic rings. The van der Waals surface area contributed by atoms with E-state index in [1.807, 2.05) is 7.05 Å². The van der Waals surface area contributed by atoms with E-state index in [1.54, 1.807) is 0 Å². The first-order valence-corrected chi connectivity index (χ1v) is 3.95. The van der Waals surface area contributed by atoms with Gasteiger partial charge < -0.3 is 5.11 Å².